The maximum absolute atomic E-state index is 13.5. The predicted molar refractivity (Wildman–Crippen MR) is 84.4 cm³/mol. The molecule has 1 unspecified atom stereocenters. The molecular weight excluding hydrogens is 283 g/mol. The first-order chi connectivity index (χ1) is 10.6. The standard InChI is InChI=1S/C17H19FN2O2/c1-12(13-7-3-6-10-16(13)22-2)20-17(21)11-19-15-9-5-4-8-14(15)18/h3-10,12,19H,11H2,1-2H3,(H,20,21). The molecule has 0 aliphatic rings. The Hall–Kier alpha value is -2.56. The molecule has 0 fully saturated rings. The van der Waals surface area contributed by atoms with Gasteiger partial charge in [-0.2, -0.15) is 0 Å². The molecule has 116 valence electrons. The number of amides is 1. The molecule has 0 aliphatic carbocycles. The van der Waals surface area contributed by atoms with Crippen molar-refractivity contribution < 1.29 is 13.9 Å². The molecule has 0 radical (unpaired) electrons. The van der Waals surface area contributed by atoms with Gasteiger partial charge in [0, 0.05) is 5.56 Å². The highest BCUT2D eigenvalue weighted by molar-refractivity contribution is 5.81. The molecule has 0 saturated carbocycles. The van der Waals surface area contributed by atoms with Crippen LogP contribution in [0.15, 0.2) is 48.5 Å². The quantitative estimate of drug-likeness (QED) is 0.862. The maximum Gasteiger partial charge on any atom is 0.239 e. The summed E-state index contributed by atoms with van der Waals surface area (Å²) in [6.45, 7) is 1.87. The third-order valence-corrected chi connectivity index (χ3v) is 3.30. The molecule has 1 atom stereocenters. The highest BCUT2D eigenvalue weighted by Crippen LogP contribution is 2.24. The summed E-state index contributed by atoms with van der Waals surface area (Å²) >= 11 is 0. The Labute approximate surface area is 129 Å². The van der Waals surface area contributed by atoms with Gasteiger partial charge in [0.2, 0.25) is 5.91 Å². The molecule has 0 heterocycles. The second-order valence-electron chi connectivity index (χ2n) is 4.86. The first-order valence-corrected chi connectivity index (χ1v) is 7.02. The smallest absolute Gasteiger partial charge is 0.239 e. The third-order valence-electron chi connectivity index (χ3n) is 3.30. The Morgan fingerprint density at radius 3 is 2.59 bits per heavy atom. The van der Waals surface area contributed by atoms with Gasteiger partial charge in [-0.1, -0.05) is 30.3 Å². The number of halogens is 1. The number of carbonyl (C=O) groups is 1. The van der Waals surface area contributed by atoms with Gasteiger partial charge in [-0.15, -0.1) is 0 Å². The Kier molecular flexibility index (Phi) is 5.36. The van der Waals surface area contributed by atoms with Crippen LogP contribution in [0.4, 0.5) is 10.1 Å². The number of hydrogen-bond donors (Lipinski definition) is 2. The number of nitrogens with one attached hydrogen (secondary N) is 2. The van der Waals surface area contributed by atoms with Crippen molar-refractivity contribution in [3.05, 3.63) is 59.9 Å². The van der Waals surface area contributed by atoms with Crippen molar-refractivity contribution in [2.75, 3.05) is 19.0 Å². The van der Waals surface area contributed by atoms with Crippen molar-refractivity contribution in [2.45, 2.75) is 13.0 Å². The van der Waals surface area contributed by atoms with E-state index in [4.69, 9.17) is 4.74 Å². The molecule has 1 amide bonds. The van der Waals surface area contributed by atoms with Gasteiger partial charge in [-0.3, -0.25) is 4.79 Å². The molecule has 2 aromatic carbocycles. The summed E-state index contributed by atoms with van der Waals surface area (Å²) < 4.78 is 18.7. The van der Waals surface area contributed by atoms with Crippen LogP contribution in [0, 0.1) is 5.82 Å². The number of carbonyl (C=O) groups excluding carboxylic acids is 1. The van der Waals surface area contributed by atoms with Gasteiger partial charge in [-0.25, -0.2) is 4.39 Å². The van der Waals surface area contributed by atoms with Crippen LogP contribution in [0.3, 0.4) is 0 Å². The monoisotopic (exact) mass is 302 g/mol. The number of ether oxygens (including phenoxy) is 1. The number of hydrogen-bond acceptors (Lipinski definition) is 3. The molecule has 0 saturated heterocycles. The van der Waals surface area contributed by atoms with Gasteiger partial charge >= 0.3 is 0 Å². The van der Waals surface area contributed by atoms with E-state index < -0.39 is 0 Å². The molecule has 4 nitrogen and oxygen atoms in total. The van der Waals surface area contributed by atoms with Crippen LogP contribution in [0.5, 0.6) is 5.75 Å². The summed E-state index contributed by atoms with van der Waals surface area (Å²) in [7, 11) is 1.59. The molecule has 5 heteroatoms. The van der Waals surface area contributed by atoms with Gasteiger partial charge in [0.05, 0.1) is 25.4 Å². The second-order valence-corrected chi connectivity index (χ2v) is 4.86. The number of benzene rings is 2. The van der Waals surface area contributed by atoms with Crippen molar-refractivity contribution >= 4 is 11.6 Å². The topological polar surface area (TPSA) is 50.4 Å². The van der Waals surface area contributed by atoms with Gasteiger partial charge in [0.25, 0.3) is 0 Å². The van der Waals surface area contributed by atoms with Crippen LogP contribution in [0.1, 0.15) is 18.5 Å². The summed E-state index contributed by atoms with van der Waals surface area (Å²) in [4.78, 5) is 12.0. The van der Waals surface area contributed by atoms with E-state index in [1.165, 1.54) is 6.07 Å². The van der Waals surface area contributed by atoms with E-state index in [1.54, 1.807) is 25.3 Å². The van der Waals surface area contributed by atoms with Crippen LogP contribution in [-0.4, -0.2) is 19.6 Å². The fourth-order valence-corrected chi connectivity index (χ4v) is 2.17. The summed E-state index contributed by atoms with van der Waals surface area (Å²) in [5.74, 6) is 0.118. The molecule has 2 aromatic rings. The number of rotatable bonds is 6. The van der Waals surface area contributed by atoms with Crippen LogP contribution >= 0.6 is 0 Å². The van der Waals surface area contributed by atoms with Crippen LogP contribution in [0.25, 0.3) is 0 Å². The lowest BCUT2D eigenvalue weighted by Crippen LogP contribution is -2.32. The molecule has 0 aromatic heterocycles. The predicted octanol–water partition coefficient (Wildman–Crippen LogP) is 3.12. The second kappa shape index (κ2) is 7.45. The number of methoxy groups -OCH3 is 1. The van der Waals surface area contributed by atoms with Gasteiger partial charge in [0.1, 0.15) is 11.6 Å². The zero-order valence-corrected chi connectivity index (χ0v) is 12.6. The van der Waals surface area contributed by atoms with E-state index in [1.807, 2.05) is 31.2 Å². The lowest BCUT2D eigenvalue weighted by Gasteiger charge is -2.17. The van der Waals surface area contributed by atoms with Crippen molar-refractivity contribution in [2.24, 2.45) is 0 Å². The molecule has 2 N–H and O–H groups in total. The molecule has 0 bridgehead atoms. The van der Waals surface area contributed by atoms with Crippen molar-refractivity contribution in [1.82, 2.24) is 5.32 Å². The number of para-hydroxylation sites is 2. The van der Waals surface area contributed by atoms with Crippen LogP contribution in [-0.2, 0) is 4.79 Å². The fourth-order valence-electron chi connectivity index (χ4n) is 2.17. The van der Waals surface area contributed by atoms with Crippen molar-refractivity contribution in [3.63, 3.8) is 0 Å². The normalized spacial score (nSPS) is 11.6. The van der Waals surface area contributed by atoms with E-state index in [-0.39, 0.29) is 24.3 Å². The summed E-state index contributed by atoms with van der Waals surface area (Å²) in [5.41, 5.74) is 1.20. The van der Waals surface area contributed by atoms with Gasteiger partial charge in [0.15, 0.2) is 0 Å². The minimum atomic E-state index is -0.381. The van der Waals surface area contributed by atoms with Crippen molar-refractivity contribution in [3.8, 4) is 5.75 Å². The Morgan fingerprint density at radius 2 is 1.86 bits per heavy atom. The first kappa shape index (κ1) is 15.8. The average molecular weight is 302 g/mol. The van der Waals surface area contributed by atoms with Gasteiger partial charge in [-0.05, 0) is 25.1 Å². The Balaban J connectivity index is 1.93. The zero-order chi connectivity index (χ0) is 15.9. The molecule has 22 heavy (non-hydrogen) atoms. The Morgan fingerprint density at radius 1 is 1.18 bits per heavy atom. The SMILES string of the molecule is COc1ccccc1C(C)NC(=O)CNc1ccccc1F. The summed E-state index contributed by atoms with van der Waals surface area (Å²) in [6.07, 6.45) is 0. The van der Waals surface area contributed by atoms with E-state index in [0.29, 0.717) is 5.69 Å². The molecule has 2 rings (SSSR count). The fraction of sp³-hybridized carbons (Fsp3) is 0.235. The Bertz CT molecular complexity index is 646. The highest BCUT2D eigenvalue weighted by Gasteiger charge is 2.13. The van der Waals surface area contributed by atoms with Crippen LogP contribution in [0.2, 0.25) is 0 Å². The average Bonchev–Trinajstić information content (AvgIpc) is 2.54. The lowest BCUT2D eigenvalue weighted by molar-refractivity contribution is -0.120. The minimum absolute atomic E-state index is 0.000419. The third kappa shape index (κ3) is 3.97. The highest BCUT2D eigenvalue weighted by atomic mass is 19.1. The van der Waals surface area contributed by atoms with E-state index in [2.05, 4.69) is 10.6 Å². The molecular formula is C17H19FN2O2. The maximum atomic E-state index is 13.5. The molecule has 0 aliphatic heterocycles. The van der Waals surface area contributed by atoms with E-state index in [0.717, 1.165) is 11.3 Å². The zero-order valence-electron chi connectivity index (χ0n) is 12.6. The minimum Gasteiger partial charge on any atom is -0.496 e. The first-order valence-electron chi connectivity index (χ1n) is 7.02. The van der Waals surface area contributed by atoms with Crippen molar-refractivity contribution in [1.29, 1.82) is 0 Å². The molecule has 0 spiro atoms. The number of anilines is 1. The largest absolute Gasteiger partial charge is 0.496 e. The van der Waals surface area contributed by atoms with Gasteiger partial charge < -0.3 is 15.4 Å². The van der Waals surface area contributed by atoms with Crippen LogP contribution < -0.4 is 15.4 Å². The lowest BCUT2D eigenvalue weighted by atomic mass is 10.1. The van der Waals surface area contributed by atoms with E-state index in [9.17, 15) is 9.18 Å². The summed E-state index contributed by atoms with van der Waals surface area (Å²) in [5, 5.41) is 5.64. The van der Waals surface area contributed by atoms with E-state index >= 15 is 0 Å². The summed E-state index contributed by atoms with van der Waals surface area (Å²) in [6, 6.07) is 13.5.